The van der Waals surface area contributed by atoms with Crippen LogP contribution in [-0.2, 0) is 13.1 Å². The lowest BCUT2D eigenvalue weighted by molar-refractivity contribution is 0.651. The van der Waals surface area contributed by atoms with Crippen molar-refractivity contribution in [1.29, 1.82) is 0 Å². The van der Waals surface area contributed by atoms with Crippen molar-refractivity contribution in [3.63, 3.8) is 0 Å². The molecule has 0 atom stereocenters. The number of H-pyrrole nitrogens is 1. The van der Waals surface area contributed by atoms with E-state index in [2.05, 4.69) is 15.4 Å². The van der Waals surface area contributed by atoms with E-state index in [-0.39, 0.29) is 5.69 Å². The van der Waals surface area contributed by atoms with Gasteiger partial charge >= 0.3 is 5.69 Å². The third-order valence-electron chi connectivity index (χ3n) is 3.26. The lowest BCUT2D eigenvalue weighted by Crippen LogP contribution is -2.18. The molecule has 1 aromatic heterocycles. The number of aromatic amines is 1. The Morgan fingerprint density at radius 2 is 1.87 bits per heavy atom. The molecule has 7 heteroatoms. The zero-order chi connectivity index (χ0) is 16.2. The Morgan fingerprint density at radius 1 is 1.09 bits per heavy atom. The molecule has 0 saturated heterocycles. The Morgan fingerprint density at radius 3 is 2.61 bits per heavy atom. The standard InChI is InChI=1S/C16H14Cl2N4O/c17-12-6-4-11(5-7-12)10-22-16(23)20-15(21-22)9-19-14-3-1-2-13(18)8-14/h1-8,19H,9-10H2,(H,20,21,23). The normalized spacial score (nSPS) is 10.7. The molecule has 3 rings (SSSR count). The minimum atomic E-state index is -0.247. The summed E-state index contributed by atoms with van der Waals surface area (Å²) in [6, 6.07) is 14.7. The van der Waals surface area contributed by atoms with E-state index in [1.165, 1.54) is 4.68 Å². The Bertz CT molecular complexity index is 855. The van der Waals surface area contributed by atoms with Crippen LogP contribution in [0.3, 0.4) is 0 Å². The summed E-state index contributed by atoms with van der Waals surface area (Å²) in [5.74, 6) is 0.559. The van der Waals surface area contributed by atoms with Crippen molar-refractivity contribution in [1.82, 2.24) is 14.8 Å². The predicted molar refractivity (Wildman–Crippen MR) is 92.2 cm³/mol. The van der Waals surface area contributed by atoms with Crippen molar-refractivity contribution in [2.75, 3.05) is 5.32 Å². The number of anilines is 1. The van der Waals surface area contributed by atoms with Crippen molar-refractivity contribution in [3.05, 3.63) is 80.4 Å². The highest BCUT2D eigenvalue weighted by atomic mass is 35.5. The second kappa shape index (κ2) is 6.89. The zero-order valence-electron chi connectivity index (χ0n) is 12.1. The smallest absolute Gasteiger partial charge is 0.343 e. The fraction of sp³-hybridized carbons (Fsp3) is 0.125. The first-order valence-corrected chi connectivity index (χ1v) is 7.75. The highest BCUT2D eigenvalue weighted by Gasteiger charge is 2.06. The number of rotatable bonds is 5. The summed E-state index contributed by atoms with van der Waals surface area (Å²) < 4.78 is 1.39. The molecule has 0 unspecified atom stereocenters. The quantitative estimate of drug-likeness (QED) is 0.741. The van der Waals surface area contributed by atoms with Crippen molar-refractivity contribution in [3.8, 4) is 0 Å². The number of benzene rings is 2. The second-order valence-electron chi connectivity index (χ2n) is 5.02. The molecule has 1 heterocycles. The second-order valence-corrected chi connectivity index (χ2v) is 5.90. The van der Waals surface area contributed by atoms with E-state index in [0.29, 0.717) is 29.0 Å². The van der Waals surface area contributed by atoms with Crippen molar-refractivity contribution in [2.45, 2.75) is 13.1 Å². The molecule has 0 amide bonds. The largest absolute Gasteiger partial charge is 0.378 e. The maximum Gasteiger partial charge on any atom is 0.343 e. The maximum absolute atomic E-state index is 11.9. The molecule has 0 fully saturated rings. The van der Waals surface area contributed by atoms with Crippen LogP contribution in [0, 0.1) is 0 Å². The Kier molecular flexibility index (Phi) is 4.69. The van der Waals surface area contributed by atoms with Gasteiger partial charge < -0.3 is 5.32 Å². The van der Waals surface area contributed by atoms with E-state index in [0.717, 1.165) is 11.3 Å². The Balaban J connectivity index is 1.68. The summed E-state index contributed by atoms with van der Waals surface area (Å²) in [5, 5.41) is 8.76. The molecular weight excluding hydrogens is 335 g/mol. The van der Waals surface area contributed by atoms with Crippen LogP contribution < -0.4 is 11.0 Å². The molecule has 3 aromatic rings. The van der Waals surface area contributed by atoms with E-state index in [4.69, 9.17) is 23.2 Å². The van der Waals surface area contributed by atoms with E-state index in [1.54, 1.807) is 18.2 Å². The van der Waals surface area contributed by atoms with Crippen LogP contribution in [0.15, 0.2) is 53.3 Å². The highest BCUT2D eigenvalue weighted by molar-refractivity contribution is 6.31. The fourth-order valence-corrected chi connectivity index (χ4v) is 2.45. The van der Waals surface area contributed by atoms with Gasteiger partial charge in [-0.25, -0.2) is 9.48 Å². The van der Waals surface area contributed by atoms with Gasteiger partial charge in [0.25, 0.3) is 0 Å². The Hall–Kier alpha value is -2.24. The number of hydrogen-bond donors (Lipinski definition) is 2. The summed E-state index contributed by atoms with van der Waals surface area (Å²) in [6.45, 7) is 0.798. The number of nitrogens with one attached hydrogen (secondary N) is 2. The van der Waals surface area contributed by atoms with Gasteiger partial charge in [0.05, 0.1) is 13.1 Å². The number of aromatic nitrogens is 3. The third-order valence-corrected chi connectivity index (χ3v) is 3.74. The first-order valence-electron chi connectivity index (χ1n) is 7.00. The molecule has 118 valence electrons. The lowest BCUT2D eigenvalue weighted by atomic mass is 10.2. The third kappa shape index (κ3) is 4.15. The van der Waals surface area contributed by atoms with Crippen LogP contribution >= 0.6 is 23.2 Å². The topological polar surface area (TPSA) is 62.7 Å². The van der Waals surface area contributed by atoms with E-state index in [1.807, 2.05) is 30.3 Å². The fourth-order valence-electron chi connectivity index (χ4n) is 2.14. The van der Waals surface area contributed by atoms with Gasteiger partial charge in [0.1, 0.15) is 5.82 Å². The van der Waals surface area contributed by atoms with Gasteiger partial charge in [0.2, 0.25) is 0 Å². The summed E-state index contributed by atoms with van der Waals surface area (Å²) in [5.41, 5.74) is 1.57. The summed E-state index contributed by atoms with van der Waals surface area (Å²) in [7, 11) is 0. The van der Waals surface area contributed by atoms with Crippen LogP contribution in [0.5, 0.6) is 0 Å². The van der Waals surface area contributed by atoms with E-state index < -0.39 is 0 Å². The number of nitrogens with zero attached hydrogens (tertiary/aromatic N) is 2. The van der Waals surface area contributed by atoms with Crippen molar-refractivity contribution >= 4 is 28.9 Å². The van der Waals surface area contributed by atoms with Gasteiger partial charge in [0, 0.05) is 15.7 Å². The molecule has 0 saturated carbocycles. The zero-order valence-corrected chi connectivity index (χ0v) is 13.6. The molecular formula is C16H14Cl2N4O. The lowest BCUT2D eigenvalue weighted by Gasteiger charge is -2.04. The molecule has 2 N–H and O–H groups in total. The van der Waals surface area contributed by atoms with Crippen LogP contribution in [0.4, 0.5) is 5.69 Å². The van der Waals surface area contributed by atoms with Gasteiger partial charge in [-0.15, -0.1) is 0 Å². The van der Waals surface area contributed by atoms with Crippen molar-refractivity contribution in [2.24, 2.45) is 0 Å². The van der Waals surface area contributed by atoms with Gasteiger partial charge in [0.15, 0.2) is 0 Å². The van der Waals surface area contributed by atoms with Crippen molar-refractivity contribution < 1.29 is 0 Å². The minimum absolute atomic E-state index is 0.247. The summed E-state index contributed by atoms with van der Waals surface area (Å²) >= 11 is 11.8. The first kappa shape index (κ1) is 15.6. The number of hydrogen-bond acceptors (Lipinski definition) is 3. The molecule has 23 heavy (non-hydrogen) atoms. The molecule has 0 spiro atoms. The van der Waals surface area contributed by atoms with Crippen LogP contribution in [-0.4, -0.2) is 14.8 Å². The molecule has 0 aliphatic carbocycles. The predicted octanol–water partition coefficient (Wildman–Crippen LogP) is 3.54. The first-order chi connectivity index (χ1) is 11.1. The number of halogens is 2. The van der Waals surface area contributed by atoms with Gasteiger partial charge in [-0.2, -0.15) is 5.10 Å². The van der Waals surface area contributed by atoms with Crippen LogP contribution in [0.1, 0.15) is 11.4 Å². The Labute approximate surface area is 142 Å². The van der Waals surface area contributed by atoms with Gasteiger partial charge in [-0.1, -0.05) is 41.4 Å². The molecule has 0 aliphatic rings. The van der Waals surface area contributed by atoms with E-state index >= 15 is 0 Å². The monoisotopic (exact) mass is 348 g/mol. The average Bonchev–Trinajstić information content (AvgIpc) is 2.88. The van der Waals surface area contributed by atoms with E-state index in [9.17, 15) is 4.79 Å². The molecule has 5 nitrogen and oxygen atoms in total. The van der Waals surface area contributed by atoms with Gasteiger partial charge in [-0.3, -0.25) is 4.98 Å². The molecule has 0 aliphatic heterocycles. The molecule has 0 bridgehead atoms. The average molecular weight is 349 g/mol. The minimum Gasteiger partial charge on any atom is -0.378 e. The van der Waals surface area contributed by atoms with Crippen LogP contribution in [0.25, 0.3) is 0 Å². The van der Waals surface area contributed by atoms with Crippen LogP contribution in [0.2, 0.25) is 10.0 Å². The molecule has 2 aromatic carbocycles. The summed E-state index contributed by atoms with van der Waals surface area (Å²) in [4.78, 5) is 14.7. The molecule has 0 radical (unpaired) electrons. The maximum atomic E-state index is 11.9. The highest BCUT2D eigenvalue weighted by Crippen LogP contribution is 2.15. The SMILES string of the molecule is O=c1[nH]c(CNc2cccc(Cl)c2)nn1Cc1ccc(Cl)cc1. The summed E-state index contributed by atoms with van der Waals surface area (Å²) in [6.07, 6.45) is 0. The van der Waals surface area contributed by atoms with Gasteiger partial charge in [-0.05, 0) is 35.9 Å².